The number of anilines is 2. The maximum Gasteiger partial charge on any atom is 0.573 e. The number of nitrogens with one attached hydrogen (secondary N) is 1. The van der Waals surface area contributed by atoms with E-state index >= 15 is 0 Å². The number of piperazine rings is 1. The van der Waals surface area contributed by atoms with Crippen molar-refractivity contribution in [3.63, 3.8) is 0 Å². The second-order valence-electron chi connectivity index (χ2n) is 8.19. The molecule has 0 aliphatic carbocycles. The van der Waals surface area contributed by atoms with Crippen molar-refractivity contribution in [2.75, 3.05) is 36.4 Å². The van der Waals surface area contributed by atoms with E-state index < -0.39 is 12.3 Å². The number of hydrogen-bond acceptors (Lipinski definition) is 7. The number of pyridine rings is 2. The van der Waals surface area contributed by atoms with E-state index in [1.54, 1.807) is 31.5 Å². The third kappa shape index (κ3) is 7.35. The Bertz CT molecular complexity index is 1250. The molecule has 0 bridgehead atoms. The number of nitrogens with zero attached hydrogens (tertiary/aromatic N) is 4. The van der Waals surface area contributed by atoms with Crippen LogP contribution >= 0.6 is 11.8 Å². The zero-order valence-electron chi connectivity index (χ0n) is 19.9. The second kappa shape index (κ2) is 11.5. The summed E-state index contributed by atoms with van der Waals surface area (Å²) in [6.07, 6.45) is -1.46. The molecule has 194 valence electrons. The molecular weight excluding hydrogens is 507 g/mol. The number of aromatic nitrogens is 2. The fourth-order valence-electron chi connectivity index (χ4n) is 3.74. The SMILES string of the molecule is CC(=O)N1CCN(c2cc(CSc3ncccc3C(=O)Nc3ccc(OC(F)(F)F)cc3)ccn2)CC1. The third-order valence-electron chi connectivity index (χ3n) is 5.60. The molecule has 12 heteroatoms. The summed E-state index contributed by atoms with van der Waals surface area (Å²) >= 11 is 1.39. The number of carbonyl (C=O) groups excluding carboxylic acids is 2. The highest BCUT2D eigenvalue weighted by Gasteiger charge is 2.31. The highest BCUT2D eigenvalue weighted by molar-refractivity contribution is 7.98. The summed E-state index contributed by atoms with van der Waals surface area (Å²) in [5.41, 5.74) is 1.67. The van der Waals surface area contributed by atoms with Gasteiger partial charge in [-0.2, -0.15) is 0 Å². The minimum absolute atomic E-state index is 0.0699. The first-order chi connectivity index (χ1) is 17.7. The van der Waals surface area contributed by atoms with Crippen LogP contribution < -0.4 is 15.0 Å². The van der Waals surface area contributed by atoms with Gasteiger partial charge in [0.15, 0.2) is 0 Å². The number of halogens is 3. The van der Waals surface area contributed by atoms with Crippen LogP contribution in [0.1, 0.15) is 22.8 Å². The number of ether oxygens (including phenoxy) is 1. The molecule has 2 aromatic heterocycles. The molecule has 0 radical (unpaired) electrons. The maximum absolute atomic E-state index is 12.9. The van der Waals surface area contributed by atoms with Gasteiger partial charge in [0.1, 0.15) is 16.6 Å². The Morgan fingerprint density at radius 3 is 2.43 bits per heavy atom. The van der Waals surface area contributed by atoms with Crippen LogP contribution in [0.2, 0.25) is 0 Å². The van der Waals surface area contributed by atoms with Gasteiger partial charge in [0.2, 0.25) is 5.91 Å². The molecule has 1 saturated heterocycles. The van der Waals surface area contributed by atoms with Crippen molar-refractivity contribution in [1.82, 2.24) is 14.9 Å². The van der Waals surface area contributed by atoms with Crippen LogP contribution in [0, 0.1) is 0 Å². The van der Waals surface area contributed by atoms with Gasteiger partial charge < -0.3 is 19.9 Å². The molecule has 0 atom stereocenters. The van der Waals surface area contributed by atoms with Gasteiger partial charge in [0.05, 0.1) is 5.56 Å². The number of carbonyl (C=O) groups is 2. The van der Waals surface area contributed by atoms with Crippen molar-refractivity contribution >= 4 is 35.1 Å². The average Bonchev–Trinajstić information content (AvgIpc) is 2.88. The maximum atomic E-state index is 12.9. The van der Waals surface area contributed by atoms with E-state index in [1.165, 1.54) is 23.9 Å². The number of benzene rings is 1. The minimum atomic E-state index is -4.79. The number of amides is 2. The van der Waals surface area contributed by atoms with Gasteiger partial charge in [-0.05, 0) is 54.1 Å². The Balaban J connectivity index is 1.38. The number of thioether (sulfide) groups is 1. The Labute approximate surface area is 215 Å². The average molecular weight is 532 g/mol. The van der Waals surface area contributed by atoms with Gasteiger partial charge in [0, 0.05) is 56.9 Å². The summed E-state index contributed by atoms with van der Waals surface area (Å²) in [5.74, 6) is 0.641. The predicted octanol–water partition coefficient (Wildman–Crippen LogP) is 4.59. The molecule has 2 amide bonds. The monoisotopic (exact) mass is 531 g/mol. The molecule has 37 heavy (non-hydrogen) atoms. The molecule has 0 unspecified atom stereocenters. The van der Waals surface area contributed by atoms with Gasteiger partial charge in [-0.15, -0.1) is 24.9 Å². The van der Waals surface area contributed by atoms with Crippen LogP contribution in [-0.4, -0.2) is 59.2 Å². The normalized spacial score (nSPS) is 13.8. The first kappa shape index (κ1) is 26.3. The van der Waals surface area contributed by atoms with Crippen molar-refractivity contribution in [2.24, 2.45) is 0 Å². The molecule has 1 N–H and O–H groups in total. The Morgan fingerprint density at radius 2 is 1.76 bits per heavy atom. The van der Waals surface area contributed by atoms with E-state index in [-0.39, 0.29) is 11.7 Å². The van der Waals surface area contributed by atoms with Crippen molar-refractivity contribution in [2.45, 2.75) is 24.1 Å². The summed E-state index contributed by atoms with van der Waals surface area (Å²) < 4.78 is 40.9. The van der Waals surface area contributed by atoms with Gasteiger partial charge in [-0.3, -0.25) is 9.59 Å². The summed E-state index contributed by atoms with van der Waals surface area (Å²) in [6, 6.07) is 12.1. The van der Waals surface area contributed by atoms with E-state index in [1.807, 2.05) is 17.0 Å². The first-order valence-electron chi connectivity index (χ1n) is 11.4. The number of hydrogen-bond donors (Lipinski definition) is 1. The lowest BCUT2D eigenvalue weighted by atomic mass is 10.2. The molecule has 1 aliphatic rings. The summed E-state index contributed by atoms with van der Waals surface area (Å²) in [4.78, 5) is 37.2. The lowest BCUT2D eigenvalue weighted by Gasteiger charge is -2.35. The van der Waals surface area contributed by atoms with Crippen molar-refractivity contribution < 1.29 is 27.5 Å². The standard InChI is InChI=1S/C25H24F3N5O3S/c1-17(34)32-11-13-33(14-12-32)22-15-18(8-10-29-22)16-37-24-21(3-2-9-30-24)23(35)31-19-4-6-20(7-5-19)36-25(26,27)28/h2-10,15H,11-14,16H2,1H3,(H,31,35). The molecule has 0 saturated carbocycles. The van der Waals surface area contributed by atoms with E-state index in [9.17, 15) is 22.8 Å². The van der Waals surface area contributed by atoms with Gasteiger partial charge >= 0.3 is 6.36 Å². The summed E-state index contributed by atoms with van der Waals surface area (Å²) in [6.45, 7) is 4.29. The Hall–Kier alpha value is -3.80. The van der Waals surface area contributed by atoms with Gasteiger partial charge in [0.25, 0.3) is 5.91 Å². The van der Waals surface area contributed by atoms with E-state index in [0.29, 0.717) is 48.2 Å². The highest BCUT2D eigenvalue weighted by Crippen LogP contribution is 2.27. The molecule has 8 nitrogen and oxygen atoms in total. The third-order valence-corrected chi connectivity index (χ3v) is 6.67. The lowest BCUT2D eigenvalue weighted by molar-refractivity contribution is -0.274. The summed E-state index contributed by atoms with van der Waals surface area (Å²) in [5, 5.41) is 3.20. The molecule has 1 aromatic carbocycles. The van der Waals surface area contributed by atoms with Crippen molar-refractivity contribution in [3.05, 3.63) is 72.1 Å². The largest absolute Gasteiger partial charge is 0.573 e. The van der Waals surface area contributed by atoms with Crippen LogP contribution in [0.4, 0.5) is 24.7 Å². The minimum Gasteiger partial charge on any atom is -0.406 e. The van der Waals surface area contributed by atoms with E-state index in [2.05, 4.69) is 24.9 Å². The lowest BCUT2D eigenvalue weighted by Crippen LogP contribution is -2.48. The van der Waals surface area contributed by atoms with Crippen LogP contribution in [0.5, 0.6) is 5.75 Å². The first-order valence-corrected chi connectivity index (χ1v) is 12.4. The molecule has 3 heterocycles. The van der Waals surface area contributed by atoms with E-state index in [4.69, 9.17) is 0 Å². The molecule has 4 rings (SSSR count). The highest BCUT2D eigenvalue weighted by atomic mass is 32.2. The Kier molecular flexibility index (Phi) is 8.17. The smallest absolute Gasteiger partial charge is 0.406 e. The number of rotatable bonds is 7. The molecule has 3 aromatic rings. The van der Waals surface area contributed by atoms with Gasteiger partial charge in [-0.25, -0.2) is 9.97 Å². The summed E-state index contributed by atoms with van der Waals surface area (Å²) in [7, 11) is 0. The van der Waals surface area contributed by atoms with Crippen molar-refractivity contribution in [3.8, 4) is 5.75 Å². The van der Waals surface area contributed by atoms with Crippen LogP contribution in [0.25, 0.3) is 0 Å². The molecular formula is C25H24F3N5O3S. The fourth-order valence-corrected chi connectivity index (χ4v) is 4.68. The molecule has 1 aliphatic heterocycles. The topological polar surface area (TPSA) is 87.7 Å². The van der Waals surface area contributed by atoms with Crippen LogP contribution in [0.15, 0.2) is 66.0 Å². The quantitative estimate of drug-likeness (QED) is 0.447. The zero-order chi connectivity index (χ0) is 26.4. The zero-order valence-corrected chi connectivity index (χ0v) is 20.7. The molecule has 0 spiro atoms. The van der Waals surface area contributed by atoms with E-state index in [0.717, 1.165) is 23.5 Å². The van der Waals surface area contributed by atoms with Gasteiger partial charge in [-0.1, -0.05) is 0 Å². The Morgan fingerprint density at radius 1 is 1.03 bits per heavy atom. The van der Waals surface area contributed by atoms with Crippen LogP contribution in [-0.2, 0) is 10.5 Å². The van der Waals surface area contributed by atoms with Crippen LogP contribution in [0.3, 0.4) is 0 Å². The fraction of sp³-hybridized carbons (Fsp3) is 0.280. The predicted molar refractivity (Wildman–Crippen MR) is 134 cm³/mol. The second-order valence-corrected chi connectivity index (χ2v) is 9.15. The number of alkyl halides is 3. The molecule has 1 fully saturated rings. The van der Waals surface area contributed by atoms with Crippen molar-refractivity contribution in [1.29, 1.82) is 0 Å².